The fourth-order valence-corrected chi connectivity index (χ4v) is 3.08. The lowest BCUT2D eigenvalue weighted by Gasteiger charge is -2.07. The lowest BCUT2D eigenvalue weighted by atomic mass is 10.2. The van der Waals surface area contributed by atoms with E-state index in [1.54, 1.807) is 36.4 Å². The van der Waals surface area contributed by atoms with E-state index in [9.17, 15) is 9.59 Å². The molecule has 7 heteroatoms. The fraction of sp³-hybridized carbons (Fsp3) is 0.0526. The van der Waals surface area contributed by atoms with Gasteiger partial charge in [-0.1, -0.05) is 15.9 Å². The van der Waals surface area contributed by atoms with Gasteiger partial charge in [0.1, 0.15) is 0 Å². The van der Waals surface area contributed by atoms with E-state index in [2.05, 4.69) is 26.6 Å². The van der Waals surface area contributed by atoms with E-state index < -0.39 is 0 Å². The van der Waals surface area contributed by atoms with Gasteiger partial charge in [-0.2, -0.15) is 0 Å². The van der Waals surface area contributed by atoms with E-state index in [1.807, 2.05) is 24.3 Å². The lowest BCUT2D eigenvalue weighted by Crippen LogP contribution is -2.14. The number of thioether (sulfide) groups is 1. The molecule has 0 aliphatic carbocycles. The molecular formula is C19H15BrN2O3S. The number of benzene rings is 2. The molecule has 2 amide bonds. The zero-order chi connectivity index (χ0) is 18.4. The van der Waals surface area contributed by atoms with Crippen molar-refractivity contribution in [2.24, 2.45) is 0 Å². The number of halogens is 1. The molecule has 1 aromatic heterocycles. The van der Waals surface area contributed by atoms with E-state index in [0.29, 0.717) is 17.1 Å². The van der Waals surface area contributed by atoms with E-state index in [4.69, 9.17) is 4.42 Å². The van der Waals surface area contributed by atoms with Gasteiger partial charge in [0.05, 0.1) is 12.0 Å². The van der Waals surface area contributed by atoms with Crippen LogP contribution in [0.5, 0.6) is 0 Å². The minimum absolute atomic E-state index is 0.0923. The van der Waals surface area contributed by atoms with Crippen molar-refractivity contribution in [3.05, 3.63) is 77.2 Å². The predicted molar refractivity (Wildman–Crippen MR) is 107 cm³/mol. The van der Waals surface area contributed by atoms with Crippen LogP contribution in [0.1, 0.15) is 10.6 Å². The summed E-state index contributed by atoms with van der Waals surface area (Å²) >= 11 is 4.85. The van der Waals surface area contributed by atoms with Crippen LogP contribution < -0.4 is 10.6 Å². The molecule has 0 fully saturated rings. The Balaban J connectivity index is 1.49. The van der Waals surface area contributed by atoms with Crippen LogP contribution in [0, 0.1) is 0 Å². The maximum atomic E-state index is 12.0. The fourth-order valence-electron chi connectivity index (χ4n) is 2.11. The van der Waals surface area contributed by atoms with Crippen molar-refractivity contribution in [3.8, 4) is 0 Å². The molecule has 0 bridgehead atoms. The first-order valence-corrected chi connectivity index (χ1v) is 9.51. The summed E-state index contributed by atoms with van der Waals surface area (Å²) in [5.41, 5.74) is 1.29. The number of rotatable bonds is 6. The molecule has 5 nitrogen and oxygen atoms in total. The second-order valence-electron chi connectivity index (χ2n) is 5.30. The topological polar surface area (TPSA) is 71.3 Å². The first kappa shape index (κ1) is 18.3. The van der Waals surface area contributed by atoms with Crippen molar-refractivity contribution < 1.29 is 14.0 Å². The summed E-state index contributed by atoms with van der Waals surface area (Å²) in [6.07, 6.45) is 1.44. The van der Waals surface area contributed by atoms with Crippen LogP contribution in [0.3, 0.4) is 0 Å². The van der Waals surface area contributed by atoms with Crippen molar-refractivity contribution >= 4 is 50.9 Å². The first-order valence-electron chi connectivity index (χ1n) is 7.73. The lowest BCUT2D eigenvalue weighted by molar-refractivity contribution is -0.113. The van der Waals surface area contributed by atoms with Gasteiger partial charge in [0, 0.05) is 20.7 Å². The number of nitrogens with one attached hydrogen (secondary N) is 2. The molecule has 0 radical (unpaired) electrons. The van der Waals surface area contributed by atoms with Crippen molar-refractivity contribution in [3.63, 3.8) is 0 Å². The molecule has 132 valence electrons. The maximum Gasteiger partial charge on any atom is 0.291 e. The van der Waals surface area contributed by atoms with Crippen molar-refractivity contribution in [1.82, 2.24) is 0 Å². The zero-order valence-electron chi connectivity index (χ0n) is 13.6. The van der Waals surface area contributed by atoms with Gasteiger partial charge in [-0.05, 0) is 60.7 Å². The summed E-state index contributed by atoms with van der Waals surface area (Å²) in [5.74, 6) is 0.147. The number of hydrogen-bond acceptors (Lipinski definition) is 4. The van der Waals surface area contributed by atoms with Crippen LogP contribution in [0.15, 0.2) is 80.7 Å². The summed E-state index contributed by atoms with van der Waals surface area (Å²) in [6.45, 7) is 0. The average molecular weight is 431 g/mol. The monoisotopic (exact) mass is 430 g/mol. The first-order chi connectivity index (χ1) is 12.6. The highest BCUT2D eigenvalue weighted by molar-refractivity contribution is 9.10. The van der Waals surface area contributed by atoms with E-state index in [0.717, 1.165) is 9.37 Å². The summed E-state index contributed by atoms with van der Waals surface area (Å²) in [6, 6.07) is 18.0. The van der Waals surface area contributed by atoms with Gasteiger partial charge in [0.15, 0.2) is 5.76 Å². The normalized spacial score (nSPS) is 10.3. The molecule has 3 aromatic rings. The van der Waals surface area contributed by atoms with Crippen molar-refractivity contribution in [1.29, 1.82) is 0 Å². The highest BCUT2D eigenvalue weighted by Crippen LogP contribution is 2.21. The van der Waals surface area contributed by atoms with Crippen molar-refractivity contribution in [2.75, 3.05) is 16.4 Å². The minimum Gasteiger partial charge on any atom is -0.459 e. The average Bonchev–Trinajstić information content (AvgIpc) is 3.18. The SMILES string of the molecule is O=C(CSc1ccc(Br)cc1)Nc1ccc(NC(=O)c2ccco2)cc1. The molecule has 0 saturated carbocycles. The highest BCUT2D eigenvalue weighted by atomic mass is 79.9. The number of hydrogen-bond donors (Lipinski definition) is 2. The molecule has 0 spiro atoms. The molecule has 2 aromatic carbocycles. The smallest absolute Gasteiger partial charge is 0.291 e. The highest BCUT2D eigenvalue weighted by Gasteiger charge is 2.09. The molecule has 0 saturated heterocycles. The Bertz CT molecular complexity index is 878. The van der Waals surface area contributed by atoms with Crippen LogP contribution >= 0.6 is 27.7 Å². The standard InChI is InChI=1S/C19H15BrN2O3S/c20-13-3-9-16(10-4-13)26-12-18(23)21-14-5-7-15(8-6-14)22-19(24)17-2-1-11-25-17/h1-11H,12H2,(H,21,23)(H,22,24). The van der Waals surface area contributed by atoms with Crippen LogP contribution in [-0.4, -0.2) is 17.6 Å². The quantitative estimate of drug-likeness (QED) is 0.538. The predicted octanol–water partition coefficient (Wildman–Crippen LogP) is 5.03. The number of carbonyl (C=O) groups excluding carboxylic acids is 2. The molecule has 0 atom stereocenters. The molecule has 26 heavy (non-hydrogen) atoms. The third-order valence-electron chi connectivity index (χ3n) is 3.36. The van der Waals surface area contributed by atoms with Gasteiger partial charge in [0.25, 0.3) is 5.91 Å². The summed E-state index contributed by atoms with van der Waals surface area (Å²) < 4.78 is 6.04. The Hall–Kier alpha value is -2.51. The van der Waals surface area contributed by atoms with Gasteiger partial charge < -0.3 is 15.1 Å². The van der Waals surface area contributed by atoms with Gasteiger partial charge in [-0.15, -0.1) is 11.8 Å². The maximum absolute atomic E-state index is 12.0. The molecule has 0 aliphatic heterocycles. The van der Waals surface area contributed by atoms with Crippen molar-refractivity contribution in [2.45, 2.75) is 4.90 Å². The number of amides is 2. The second kappa shape index (κ2) is 8.73. The molecule has 2 N–H and O–H groups in total. The van der Waals surface area contributed by atoms with E-state index in [-0.39, 0.29) is 17.6 Å². The number of anilines is 2. The van der Waals surface area contributed by atoms with Crippen LogP contribution in [0.25, 0.3) is 0 Å². The molecular weight excluding hydrogens is 416 g/mol. The minimum atomic E-state index is -0.322. The summed E-state index contributed by atoms with van der Waals surface area (Å²) in [5, 5.41) is 5.55. The van der Waals surface area contributed by atoms with Gasteiger partial charge in [-0.25, -0.2) is 0 Å². The molecule has 0 unspecified atom stereocenters. The zero-order valence-corrected chi connectivity index (χ0v) is 16.0. The van der Waals surface area contributed by atoms with Gasteiger partial charge in [-0.3, -0.25) is 9.59 Å². The van der Waals surface area contributed by atoms with E-state index >= 15 is 0 Å². The third kappa shape index (κ3) is 5.24. The number of furan rings is 1. The van der Waals surface area contributed by atoms with Gasteiger partial charge in [0.2, 0.25) is 5.91 Å². The van der Waals surface area contributed by atoms with Crippen LogP contribution in [0.4, 0.5) is 11.4 Å². The Kier molecular flexibility index (Phi) is 6.14. The van der Waals surface area contributed by atoms with Crippen LogP contribution in [-0.2, 0) is 4.79 Å². The largest absolute Gasteiger partial charge is 0.459 e. The van der Waals surface area contributed by atoms with Crippen LogP contribution in [0.2, 0.25) is 0 Å². The molecule has 0 aliphatic rings. The summed E-state index contributed by atoms with van der Waals surface area (Å²) in [4.78, 5) is 25.0. The summed E-state index contributed by atoms with van der Waals surface area (Å²) in [7, 11) is 0. The van der Waals surface area contributed by atoms with E-state index in [1.165, 1.54) is 18.0 Å². The second-order valence-corrected chi connectivity index (χ2v) is 7.26. The third-order valence-corrected chi connectivity index (χ3v) is 4.90. The van der Waals surface area contributed by atoms with Gasteiger partial charge >= 0.3 is 0 Å². The molecule has 3 rings (SSSR count). The Morgan fingerprint density at radius 2 is 1.58 bits per heavy atom. The Morgan fingerprint density at radius 3 is 2.19 bits per heavy atom. The Labute approximate surface area is 163 Å². The Morgan fingerprint density at radius 1 is 0.923 bits per heavy atom. The molecule has 1 heterocycles. The number of carbonyl (C=O) groups is 2.